The predicted molar refractivity (Wildman–Crippen MR) is 76.7 cm³/mol. The number of likely N-dealkylation sites (N-methyl/N-ethyl adjacent to an activating group) is 1. The monoisotopic (exact) mass is 300 g/mol. The van der Waals surface area contributed by atoms with Gasteiger partial charge in [0.05, 0.1) is 18.2 Å². The lowest BCUT2D eigenvalue weighted by molar-refractivity contribution is -0.123. The Kier molecular flexibility index (Phi) is 5.80. The van der Waals surface area contributed by atoms with Crippen LogP contribution in [0.5, 0.6) is 0 Å². The van der Waals surface area contributed by atoms with Crippen molar-refractivity contribution in [3.8, 4) is 0 Å². The van der Waals surface area contributed by atoms with Crippen molar-refractivity contribution >= 4 is 5.91 Å². The normalized spacial score (nSPS) is 13.3. The van der Waals surface area contributed by atoms with E-state index in [0.29, 0.717) is 0 Å². The van der Waals surface area contributed by atoms with Gasteiger partial charge in [0.25, 0.3) is 0 Å². The Bertz CT molecular complexity index is 481. The molecule has 0 spiro atoms. The second kappa shape index (κ2) is 6.95. The summed E-state index contributed by atoms with van der Waals surface area (Å²) in [6, 6.07) is 3.42. The maximum Gasteiger partial charge on any atom is 0.234 e. The molecule has 0 fully saturated rings. The second-order valence-corrected chi connectivity index (χ2v) is 6.15. The molecular formula is C15H22F2N2O2. The van der Waals surface area contributed by atoms with Crippen molar-refractivity contribution in [2.45, 2.75) is 32.4 Å². The molecule has 0 bridgehead atoms. The summed E-state index contributed by atoms with van der Waals surface area (Å²) in [7, 11) is 1.60. The third-order valence-corrected chi connectivity index (χ3v) is 2.75. The minimum absolute atomic E-state index is 0.0321. The summed E-state index contributed by atoms with van der Waals surface area (Å²) in [5, 5.41) is 12.7. The molecule has 0 aliphatic heterocycles. The zero-order chi connectivity index (χ0) is 16.2. The molecule has 4 nitrogen and oxygen atoms in total. The van der Waals surface area contributed by atoms with Crippen LogP contribution in [0, 0.1) is 11.6 Å². The maximum absolute atomic E-state index is 13.5. The molecule has 0 heterocycles. The van der Waals surface area contributed by atoms with Gasteiger partial charge in [-0.25, -0.2) is 8.78 Å². The Hall–Kier alpha value is -1.53. The number of nitrogens with zero attached hydrogens (tertiary/aromatic N) is 1. The number of aliphatic hydroxyl groups excluding tert-OH is 1. The van der Waals surface area contributed by atoms with Crippen LogP contribution in [0.4, 0.5) is 8.78 Å². The van der Waals surface area contributed by atoms with Crippen molar-refractivity contribution in [2.75, 3.05) is 20.1 Å². The summed E-state index contributed by atoms with van der Waals surface area (Å²) >= 11 is 0. The van der Waals surface area contributed by atoms with E-state index in [-0.39, 0.29) is 30.1 Å². The van der Waals surface area contributed by atoms with Crippen LogP contribution in [-0.2, 0) is 4.79 Å². The van der Waals surface area contributed by atoms with Gasteiger partial charge in [0.15, 0.2) is 0 Å². The summed E-state index contributed by atoms with van der Waals surface area (Å²) in [5.41, 5.74) is -0.727. The zero-order valence-corrected chi connectivity index (χ0v) is 12.8. The fraction of sp³-hybridized carbons (Fsp3) is 0.533. The highest BCUT2D eigenvalue weighted by molar-refractivity contribution is 5.78. The largest absolute Gasteiger partial charge is 0.387 e. The van der Waals surface area contributed by atoms with Gasteiger partial charge in [-0.15, -0.1) is 0 Å². The Morgan fingerprint density at radius 3 is 2.33 bits per heavy atom. The van der Waals surface area contributed by atoms with Gasteiger partial charge in [0.1, 0.15) is 11.6 Å². The van der Waals surface area contributed by atoms with Crippen molar-refractivity contribution in [1.82, 2.24) is 10.2 Å². The number of aliphatic hydroxyl groups is 1. The molecule has 1 atom stereocenters. The molecule has 0 aliphatic rings. The Morgan fingerprint density at radius 2 is 1.86 bits per heavy atom. The minimum atomic E-state index is -1.33. The fourth-order valence-corrected chi connectivity index (χ4v) is 1.98. The number of benzene rings is 1. The molecule has 118 valence electrons. The Balaban J connectivity index is 2.62. The van der Waals surface area contributed by atoms with Gasteiger partial charge in [-0.1, -0.05) is 6.07 Å². The van der Waals surface area contributed by atoms with E-state index in [1.54, 1.807) is 7.05 Å². The highest BCUT2D eigenvalue weighted by atomic mass is 19.1. The number of hydrogen-bond donors (Lipinski definition) is 2. The SMILES string of the molecule is CN(CC(=O)NC(C)(C)C)CC(O)c1c(F)cccc1F. The van der Waals surface area contributed by atoms with E-state index in [2.05, 4.69) is 5.32 Å². The van der Waals surface area contributed by atoms with Crippen LogP contribution in [-0.4, -0.2) is 41.6 Å². The highest BCUT2D eigenvalue weighted by Crippen LogP contribution is 2.21. The molecule has 1 rings (SSSR count). The van der Waals surface area contributed by atoms with Crippen LogP contribution in [0.1, 0.15) is 32.4 Å². The van der Waals surface area contributed by atoms with E-state index in [1.165, 1.54) is 11.0 Å². The number of rotatable bonds is 5. The van der Waals surface area contributed by atoms with Crippen LogP contribution < -0.4 is 5.32 Å². The maximum atomic E-state index is 13.5. The molecule has 0 radical (unpaired) electrons. The standard InChI is InChI=1S/C15H22F2N2O2/c1-15(2,3)18-13(21)9-19(4)8-12(20)14-10(16)6-5-7-11(14)17/h5-7,12,20H,8-9H2,1-4H3,(H,18,21). The summed E-state index contributed by atoms with van der Waals surface area (Å²) in [5.74, 6) is -1.81. The van der Waals surface area contributed by atoms with E-state index in [9.17, 15) is 18.7 Å². The molecule has 0 aromatic heterocycles. The van der Waals surface area contributed by atoms with Gasteiger partial charge < -0.3 is 10.4 Å². The lowest BCUT2D eigenvalue weighted by atomic mass is 10.1. The first-order valence-electron chi connectivity index (χ1n) is 6.71. The number of carbonyl (C=O) groups is 1. The number of amides is 1. The minimum Gasteiger partial charge on any atom is -0.387 e. The van der Waals surface area contributed by atoms with Gasteiger partial charge in [0.2, 0.25) is 5.91 Å². The molecule has 2 N–H and O–H groups in total. The lowest BCUT2D eigenvalue weighted by Gasteiger charge is -2.24. The van der Waals surface area contributed by atoms with Gasteiger partial charge in [-0.05, 0) is 40.0 Å². The first-order valence-corrected chi connectivity index (χ1v) is 6.71. The van der Waals surface area contributed by atoms with Gasteiger partial charge in [0, 0.05) is 12.1 Å². The van der Waals surface area contributed by atoms with Crippen LogP contribution in [0.2, 0.25) is 0 Å². The van der Waals surface area contributed by atoms with Crippen LogP contribution in [0.15, 0.2) is 18.2 Å². The molecule has 0 aliphatic carbocycles. The van der Waals surface area contributed by atoms with Crippen molar-refractivity contribution in [3.05, 3.63) is 35.4 Å². The molecule has 1 amide bonds. The molecule has 0 saturated heterocycles. The summed E-state index contributed by atoms with van der Waals surface area (Å²) in [6.07, 6.45) is -1.33. The first kappa shape index (κ1) is 17.5. The van der Waals surface area contributed by atoms with Crippen molar-refractivity contribution in [3.63, 3.8) is 0 Å². The van der Waals surface area contributed by atoms with E-state index in [4.69, 9.17) is 0 Å². The summed E-state index contributed by atoms with van der Waals surface area (Å²) in [6.45, 7) is 5.55. The average molecular weight is 300 g/mol. The second-order valence-electron chi connectivity index (χ2n) is 6.15. The van der Waals surface area contributed by atoms with Crippen LogP contribution in [0.25, 0.3) is 0 Å². The summed E-state index contributed by atoms with van der Waals surface area (Å²) in [4.78, 5) is 13.2. The van der Waals surface area contributed by atoms with Crippen LogP contribution in [0.3, 0.4) is 0 Å². The van der Waals surface area contributed by atoms with Gasteiger partial charge in [-0.3, -0.25) is 9.69 Å². The van der Waals surface area contributed by atoms with Gasteiger partial charge in [-0.2, -0.15) is 0 Å². The average Bonchev–Trinajstić information content (AvgIpc) is 2.24. The van der Waals surface area contributed by atoms with E-state index in [1.807, 2.05) is 20.8 Å². The van der Waals surface area contributed by atoms with E-state index >= 15 is 0 Å². The molecule has 6 heteroatoms. The molecule has 1 aromatic rings. The third kappa shape index (κ3) is 5.77. The van der Waals surface area contributed by atoms with Crippen molar-refractivity contribution < 1.29 is 18.7 Å². The van der Waals surface area contributed by atoms with E-state index < -0.39 is 17.7 Å². The van der Waals surface area contributed by atoms with Crippen LogP contribution >= 0.6 is 0 Å². The third-order valence-electron chi connectivity index (χ3n) is 2.75. The number of nitrogens with one attached hydrogen (secondary N) is 1. The van der Waals surface area contributed by atoms with E-state index in [0.717, 1.165) is 12.1 Å². The van der Waals surface area contributed by atoms with Gasteiger partial charge >= 0.3 is 0 Å². The highest BCUT2D eigenvalue weighted by Gasteiger charge is 2.21. The van der Waals surface area contributed by atoms with Crippen molar-refractivity contribution in [2.24, 2.45) is 0 Å². The summed E-state index contributed by atoms with van der Waals surface area (Å²) < 4.78 is 27.1. The quantitative estimate of drug-likeness (QED) is 0.872. The fourth-order valence-electron chi connectivity index (χ4n) is 1.98. The first-order chi connectivity index (χ1) is 9.60. The molecular weight excluding hydrogens is 278 g/mol. The Labute approximate surface area is 123 Å². The molecule has 1 aromatic carbocycles. The molecule has 0 saturated carbocycles. The predicted octanol–water partition coefficient (Wildman–Crippen LogP) is 1.84. The number of halogens is 2. The number of hydrogen-bond acceptors (Lipinski definition) is 3. The lowest BCUT2D eigenvalue weighted by Crippen LogP contribution is -2.45. The van der Waals surface area contributed by atoms with Crippen molar-refractivity contribution in [1.29, 1.82) is 0 Å². The molecule has 21 heavy (non-hydrogen) atoms. The molecule has 1 unspecified atom stereocenters. The smallest absolute Gasteiger partial charge is 0.234 e. The number of carbonyl (C=O) groups excluding carboxylic acids is 1. The topological polar surface area (TPSA) is 52.6 Å². The Morgan fingerprint density at radius 1 is 1.33 bits per heavy atom. The zero-order valence-electron chi connectivity index (χ0n) is 12.8.